The van der Waals surface area contributed by atoms with Crippen LogP contribution in [0.5, 0.6) is 5.75 Å². The Morgan fingerprint density at radius 3 is 2.50 bits per heavy atom. The number of aromatic hydroxyl groups is 1. The molecule has 0 saturated heterocycles. The van der Waals surface area contributed by atoms with Gasteiger partial charge in [0.1, 0.15) is 11.4 Å². The molecular formula is C13H10Cl2N2O3. The molecule has 2 aromatic carbocycles. The number of nitrogens with zero attached hydrogens (tertiary/aromatic N) is 1. The molecule has 0 fully saturated rings. The number of nitro groups is 1. The number of phenolic OH excluding ortho intramolecular Hbond substituents is 1. The topological polar surface area (TPSA) is 75.4 Å². The van der Waals surface area contributed by atoms with Crippen molar-refractivity contribution < 1.29 is 10.0 Å². The minimum Gasteiger partial charge on any atom is -0.508 e. The van der Waals surface area contributed by atoms with Crippen LogP contribution in [-0.2, 0) is 6.54 Å². The van der Waals surface area contributed by atoms with Crippen LogP contribution >= 0.6 is 23.2 Å². The van der Waals surface area contributed by atoms with Crippen molar-refractivity contribution in [2.24, 2.45) is 0 Å². The second-order valence-electron chi connectivity index (χ2n) is 4.05. The first-order valence-electron chi connectivity index (χ1n) is 5.62. The maximum atomic E-state index is 10.9. The van der Waals surface area contributed by atoms with E-state index in [1.54, 1.807) is 12.1 Å². The number of halogens is 2. The molecule has 0 aliphatic rings. The smallest absolute Gasteiger partial charge is 0.292 e. The van der Waals surface area contributed by atoms with Crippen molar-refractivity contribution in [3.63, 3.8) is 0 Å². The van der Waals surface area contributed by atoms with E-state index < -0.39 is 4.92 Å². The molecule has 0 heterocycles. The van der Waals surface area contributed by atoms with Gasteiger partial charge < -0.3 is 10.4 Å². The van der Waals surface area contributed by atoms with Gasteiger partial charge in [0.05, 0.1) is 4.92 Å². The van der Waals surface area contributed by atoms with Crippen LogP contribution in [0.1, 0.15) is 5.56 Å². The number of phenols is 1. The molecule has 7 heteroatoms. The Morgan fingerprint density at radius 2 is 1.80 bits per heavy atom. The van der Waals surface area contributed by atoms with Crippen molar-refractivity contribution in [1.82, 2.24) is 0 Å². The van der Waals surface area contributed by atoms with Crippen molar-refractivity contribution in [1.29, 1.82) is 0 Å². The highest BCUT2D eigenvalue weighted by Gasteiger charge is 2.14. The van der Waals surface area contributed by atoms with E-state index in [9.17, 15) is 15.2 Å². The third-order valence-electron chi connectivity index (χ3n) is 2.67. The van der Waals surface area contributed by atoms with Crippen molar-refractivity contribution >= 4 is 34.6 Å². The van der Waals surface area contributed by atoms with E-state index in [1.807, 2.05) is 0 Å². The summed E-state index contributed by atoms with van der Waals surface area (Å²) in [6.07, 6.45) is 0. The van der Waals surface area contributed by atoms with Crippen molar-refractivity contribution in [3.8, 4) is 5.75 Å². The molecule has 0 spiro atoms. The number of nitrogens with one attached hydrogen (secondary N) is 1. The molecule has 0 aromatic heterocycles. The van der Waals surface area contributed by atoms with Gasteiger partial charge in [0.25, 0.3) is 5.69 Å². The zero-order chi connectivity index (χ0) is 14.7. The lowest BCUT2D eigenvalue weighted by molar-refractivity contribution is -0.384. The maximum Gasteiger partial charge on any atom is 0.292 e. The molecule has 2 aromatic rings. The van der Waals surface area contributed by atoms with Gasteiger partial charge in [-0.15, -0.1) is 0 Å². The van der Waals surface area contributed by atoms with Crippen LogP contribution in [0, 0.1) is 10.1 Å². The highest BCUT2D eigenvalue weighted by Crippen LogP contribution is 2.29. The van der Waals surface area contributed by atoms with Crippen LogP contribution in [0.15, 0.2) is 36.4 Å². The zero-order valence-electron chi connectivity index (χ0n) is 10.1. The van der Waals surface area contributed by atoms with E-state index in [4.69, 9.17) is 23.2 Å². The lowest BCUT2D eigenvalue weighted by Gasteiger charge is -2.09. The minimum atomic E-state index is -0.503. The number of hydrogen-bond donors (Lipinski definition) is 2. The summed E-state index contributed by atoms with van der Waals surface area (Å²) in [5.74, 6) is 0.0616. The molecule has 2 rings (SSSR count). The van der Waals surface area contributed by atoms with Crippen molar-refractivity contribution in [3.05, 3.63) is 62.1 Å². The van der Waals surface area contributed by atoms with E-state index in [2.05, 4.69) is 5.32 Å². The molecule has 0 saturated carbocycles. The molecule has 0 aliphatic carbocycles. The fourth-order valence-corrected chi connectivity index (χ4v) is 2.06. The van der Waals surface area contributed by atoms with Gasteiger partial charge >= 0.3 is 0 Å². The lowest BCUT2D eigenvalue weighted by Crippen LogP contribution is -2.03. The van der Waals surface area contributed by atoms with Crippen molar-refractivity contribution in [2.45, 2.75) is 6.54 Å². The van der Waals surface area contributed by atoms with E-state index in [1.165, 1.54) is 24.3 Å². The SMILES string of the molecule is O=[N+]([O-])c1ccc(Cl)cc1NCc1cc(Cl)ccc1O. The largest absolute Gasteiger partial charge is 0.508 e. The van der Waals surface area contributed by atoms with E-state index in [0.717, 1.165) is 0 Å². The van der Waals surface area contributed by atoms with Gasteiger partial charge in [-0.05, 0) is 30.3 Å². The average Bonchev–Trinajstić information content (AvgIpc) is 2.39. The van der Waals surface area contributed by atoms with Gasteiger partial charge in [0, 0.05) is 28.2 Å². The summed E-state index contributed by atoms with van der Waals surface area (Å²) in [7, 11) is 0. The predicted octanol–water partition coefficient (Wildman–Crippen LogP) is 4.22. The first kappa shape index (κ1) is 14.4. The molecular weight excluding hydrogens is 303 g/mol. The quantitative estimate of drug-likeness (QED) is 0.654. The van der Waals surface area contributed by atoms with Crippen molar-refractivity contribution in [2.75, 3.05) is 5.32 Å². The Balaban J connectivity index is 2.24. The van der Waals surface area contributed by atoms with Gasteiger partial charge in [-0.1, -0.05) is 23.2 Å². The molecule has 0 radical (unpaired) electrons. The Hall–Kier alpha value is -1.98. The summed E-state index contributed by atoms with van der Waals surface area (Å²) in [6.45, 7) is 0.188. The van der Waals surface area contributed by atoms with Gasteiger partial charge in [0.2, 0.25) is 0 Å². The third-order valence-corrected chi connectivity index (χ3v) is 3.14. The number of anilines is 1. The van der Waals surface area contributed by atoms with Crippen LogP contribution < -0.4 is 5.32 Å². The van der Waals surface area contributed by atoms with Crippen LogP contribution in [0.3, 0.4) is 0 Å². The molecule has 0 unspecified atom stereocenters. The molecule has 5 nitrogen and oxygen atoms in total. The second-order valence-corrected chi connectivity index (χ2v) is 4.92. The summed E-state index contributed by atoms with van der Waals surface area (Å²) in [5, 5.41) is 24.3. The Bertz CT molecular complexity index is 662. The number of nitro benzene ring substituents is 1. The maximum absolute atomic E-state index is 10.9. The van der Waals surface area contributed by atoms with Crippen LogP contribution in [-0.4, -0.2) is 10.0 Å². The van der Waals surface area contributed by atoms with E-state index >= 15 is 0 Å². The fraction of sp³-hybridized carbons (Fsp3) is 0.0769. The minimum absolute atomic E-state index is 0.0616. The molecule has 0 bridgehead atoms. The monoisotopic (exact) mass is 312 g/mol. The molecule has 20 heavy (non-hydrogen) atoms. The van der Waals surface area contributed by atoms with Gasteiger partial charge in [-0.3, -0.25) is 10.1 Å². The summed E-state index contributed by atoms with van der Waals surface area (Å²) in [6, 6.07) is 8.83. The summed E-state index contributed by atoms with van der Waals surface area (Å²) >= 11 is 11.7. The molecule has 0 amide bonds. The number of rotatable bonds is 4. The first-order valence-corrected chi connectivity index (χ1v) is 6.38. The van der Waals surface area contributed by atoms with E-state index in [0.29, 0.717) is 15.6 Å². The zero-order valence-corrected chi connectivity index (χ0v) is 11.6. The Morgan fingerprint density at radius 1 is 1.15 bits per heavy atom. The number of hydrogen-bond acceptors (Lipinski definition) is 4. The van der Waals surface area contributed by atoms with Gasteiger partial charge in [-0.25, -0.2) is 0 Å². The molecule has 104 valence electrons. The third kappa shape index (κ3) is 3.31. The standard InChI is InChI=1S/C13H10Cl2N2O3/c14-9-2-4-13(18)8(5-9)7-16-11-6-10(15)1-3-12(11)17(19)20/h1-6,16,18H,7H2. The first-order chi connectivity index (χ1) is 9.47. The lowest BCUT2D eigenvalue weighted by atomic mass is 10.2. The second kappa shape index (κ2) is 5.98. The van der Waals surface area contributed by atoms with E-state index in [-0.39, 0.29) is 23.7 Å². The fourth-order valence-electron chi connectivity index (χ4n) is 1.70. The molecule has 0 aliphatic heterocycles. The predicted molar refractivity (Wildman–Crippen MR) is 78.5 cm³/mol. The summed E-state index contributed by atoms with van der Waals surface area (Å²) < 4.78 is 0. The van der Waals surface area contributed by atoms with Gasteiger partial charge in [0.15, 0.2) is 0 Å². The van der Waals surface area contributed by atoms with Crippen LogP contribution in [0.4, 0.5) is 11.4 Å². The average molecular weight is 313 g/mol. The normalized spacial score (nSPS) is 10.3. The Labute approximate surface area is 124 Å². The van der Waals surface area contributed by atoms with Gasteiger partial charge in [-0.2, -0.15) is 0 Å². The summed E-state index contributed by atoms with van der Waals surface area (Å²) in [5.41, 5.74) is 0.726. The summed E-state index contributed by atoms with van der Waals surface area (Å²) in [4.78, 5) is 10.4. The molecule has 2 N–H and O–H groups in total. The van der Waals surface area contributed by atoms with Crippen LogP contribution in [0.2, 0.25) is 10.0 Å². The molecule has 0 atom stereocenters. The Kier molecular flexibility index (Phi) is 4.32. The van der Waals surface area contributed by atoms with Crippen LogP contribution in [0.25, 0.3) is 0 Å². The highest BCUT2D eigenvalue weighted by atomic mass is 35.5. The number of benzene rings is 2. The highest BCUT2D eigenvalue weighted by molar-refractivity contribution is 6.31.